The van der Waals surface area contributed by atoms with Crippen LogP contribution in [0, 0.1) is 5.41 Å². The predicted octanol–water partition coefficient (Wildman–Crippen LogP) is 3.84. The molecule has 0 aliphatic rings. The van der Waals surface area contributed by atoms with Crippen LogP contribution in [0.5, 0.6) is 0 Å². The molecule has 0 aliphatic heterocycles. The van der Waals surface area contributed by atoms with Gasteiger partial charge in [0, 0.05) is 0 Å². The molecule has 0 fully saturated rings. The second kappa shape index (κ2) is 5.87. The molecule has 0 aliphatic carbocycles. The van der Waals surface area contributed by atoms with Gasteiger partial charge in [0.25, 0.3) is 0 Å². The Morgan fingerprint density at radius 1 is 1.42 bits per heavy atom. The van der Waals surface area contributed by atoms with E-state index in [-0.39, 0.29) is 0 Å². The highest BCUT2D eigenvalue weighted by Crippen LogP contribution is 2.27. The molecule has 0 radical (unpaired) electrons. The van der Waals surface area contributed by atoms with Gasteiger partial charge >= 0.3 is 0 Å². The van der Waals surface area contributed by atoms with Crippen molar-refractivity contribution in [2.24, 2.45) is 5.41 Å². The second-order valence-corrected chi connectivity index (χ2v) is 4.54. The molecule has 2 heteroatoms. The van der Waals surface area contributed by atoms with Gasteiger partial charge in [-0.05, 0) is 38.1 Å². The first kappa shape index (κ1) is 12.3. The molecule has 0 aromatic heterocycles. The Balaban J connectivity index is 3.42. The summed E-state index contributed by atoms with van der Waals surface area (Å²) in [7, 11) is 0. The van der Waals surface area contributed by atoms with E-state index in [1.807, 2.05) is 0 Å². The fourth-order valence-electron chi connectivity index (χ4n) is 1.10. The Hall–Kier alpha value is 0.310. The Kier molecular flexibility index (Phi) is 6.02. The summed E-state index contributed by atoms with van der Waals surface area (Å²) in [5.74, 6) is 0. The van der Waals surface area contributed by atoms with Crippen LogP contribution in [0.1, 0.15) is 53.4 Å². The van der Waals surface area contributed by atoms with Gasteiger partial charge in [0.15, 0.2) is 0 Å². The van der Waals surface area contributed by atoms with Gasteiger partial charge in [-0.25, -0.2) is 0 Å². The van der Waals surface area contributed by atoms with Gasteiger partial charge < -0.3 is 4.18 Å². The van der Waals surface area contributed by atoms with Crippen molar-refractivity contribution >= 4 is 12.9 Å². The van der Waals surface area contributed by atoms with E-state index < -0.39 is 0 Å². The van der Waals surface area contributed by atoms with Gasteiger partial charge in [0.2, 0.25) is 0 Å². The first-order valence-electron chi connectivity index (χ1n) is 4.82. The summed E-state index contributed by atoms with van der Waals surface area (Å²) in [4.78, 5) is 0. The average molecular weight is 190 g/mol. The normalized spacial score (nSPS) is 14.8. The monoisotopic (exact) mass is 190 g/mol. The van der Waals surface area contributed by atoms with Crippen molar-refractivity contribution in [2.75, 3.05) is 0 Å². The largest absolute Gasteiger partial charge is 0.316 e. The fraction of sp³-hybridized carbons (Fsp3) is 1.00. The predicted molar refractivity (Wildman–Crippen MR) is 57.5 cm³/mol. The third kappa shape index (κ3) is 5.90. The van der Waals surface area contributed by atoms with Gasteiger partial charge in [0.05, 0.1) is 6.10 Å². The SMILES string of the molecule is CCC(C)(C)CCCC(C)OS. The highest BCUT2D eigenvalue weighted by molar-refractivity contribution is 7.75. The molecular formula is C10H22OS. The number of hydrogen-bond donors (Lipinski definition) is 1. The topological polar surface area (TPSA) is 9.23 Å². The summed E-state index contributed by atoms with van der Waals surface area (Å²) in [6.45, 7) is 8.95. The zero-order chi connectivity index (χ0) is 9.61. The summed E-state index contributed by atoms with van der Waals surface area (Å²) in [5.41, 5.74) is 0.496. The summed E-state index contributed by atoms with van der Waals surface area (Å²) in [6, 6.07) is 0. The molecule has 1 atom stereocenters. The Bertz CT molecular complexity index is 112. The lowest BCUT2D eigenvalue weighted by molar-refractivity contribution is 0.230. The lowest BCUT2D eigenvalue weighted by Gasteiger charge is -2.22. The molecule has 0 rings (SSSR count). The van der Waals surface area contributed by atoms with Crippen LogP contribution < -0.4 is 0 Å². The molecule has 0 spiro atoms. The van der Waals surface area contributed by atoms with Gasteiger partial charge in [-0.1, -0.05) is 33.6 Å². The van der Waals surface area contributed by atoms with Crippen molar-refractivity contribution in [1.29, 1.82) is 0 Å². The third-order valence-electron chi connectivity index (χ3n) is 2.60. The highest BCUT2D eigenvalue weighted by Gasteiger charge is 2.14. The molecule has 0 amide bonds. The Morgan fingerprint density at radius 2 is 2.00 bits per heavy atom. The molecule has 0 N–H and O–H groups in total. The number of thiol groups is 1. The quantitative estimate of drug-likeness (QED) is 0.494. The minimum absolute atomic E-state index is 0.293. The summed E-state index contributed by atoms with van der Waals surface area (Å²) in [6.07, 6.45) is 5.19. The van der Waals surface area contributed by atoms with E-state index in [4.69, 9.17) is 4.18 Å². The first-order valence-corrected chi connectivity index (χ1v) is 5.18. The van der Waals surface area contributed by atoms with Gasteiger partial charge in [0.1, 0.15) is 0 Å². The molecule has 12 heavy (non-hydrogen) atoms. The molecule has 1 unspecified atom stereocenters. The van der Waals surface area contributed by atoms with Gasteiger partial charge in [-0.3, -0.25) is 0 Å². The van der Waals surface area contributed by atoms with E-state index in [9.17, 15) is 0 Å². The molecule has 0 aromatic carbocycles. The molecule has 74 valence electrons. The minimum atomic E-state index is 0.293. The standard InChI is InChI=1S/C10H22OS/c1-5-10(3,4)8-6-7-9(2)11-12/h9,12H,5-8H2,1-4H3. The van der Waals surface area contributed by atoms with Gasteiger partial charge in [-0.2, -0.15) is 0 Å². The summed E-state index contributed by atoms with van der Waals surface area (Å²) >= 11 is 3.78. The Labute approximate surface area is 82.5 Å². The molecule has 0 saturated heterocycles. The molecule has 1 nitrogen and oxygen atoms in total. The van der Waals surface area contributed by atoms with Crippen LogP contribution in [-0.4, -0.2) is 6.10 Å². The van der Waals surface area contributed by atoms with Crippen molar-refractivity contribution in [3.63, 3.8) is 0 Å². The zero-order valence-corrected chi connectivity index (χ0v) is 9.66. The van der Waals surface area contributed by atoms with Crippen molar-refractivity contribution in [1.82, 2.24) is 0 Å². The summed E-state index contributed by atoms with van der Waals surface area (Å²) < 4.78 is 4.89. The van der Waals surface area contributed by atoms with Crippen LogP contribution in [0.25, 0.3) is 0 Å². The smallest absolute Gasteiger partial charge is 0.0691 e. The molecule has 0 bridgehead atoms. The second-order valence-electron chi connectivity index (χ2n) is 4.33. The number of rotatable bonds is 6. The van der Waals surface area contributed by atoms with Crippen molar-refractivity contribution < 1.29 is 4.18 Å². The van der Waals surface area contributed by atoms with Gasteiger partial charge in [-0.15, -0.1) is 0 Å². The van der Waals surface area contributed by atoms with Crippen LogP contribution in [0.4, 0.5) is 0 Å². The van der Waals surface area contributed by atoms with Crippen LogP contribution in [0.2, 0.25) is 0 Å². The van der Waals surface area contributed by atoms with E-state index in [1.165, 1.54) is 19.3 Å². The molecule has 0 heterocycles. The van der Waals surface area contributed by atoms with Crippen LogP contribution in [-0.2, 0) is 4.18 Å². The Morgan fingerprint density at radius 3 is 2.42 bits per heavy atom. The van der Waals surface area contributed by atoms with E-state index in [0.717, 1.165) is 6.42 Å². The van der Waals surface area contributed by atoms with E-state index >= 15 is 0 Å². The molecule has 0 saturated carbocycles. The molecule has 0 aromatic rings. The zero-order valence-electron chi connectivity index (χ0n) is 8.76. The van der Waals surface area contributed by atoms with Crippen molar-refractivity contribution in [2.45, 2.75) is 59.5 Å². The average Bonchev–Trinajstić information content (AvgIpc) is 2.04. The lowest BCUT2D eigenvalue weighted by Crippen LogP contribution is -2.11. The minimum Gasteiger partial charge on any atom is -0.316 e. The highest BCUT2D eigenvalue weighted by atomic mass is 32.1. The maximum absolute atomic E-state index is 4.89. The van der Waals surface area contributed by atoms with E-state index in [1.54, 1.807) is 0 Å². The third-order valence-corrected chi connectivity index (χ3v) is 2.96. The number of hydrogen-bond acceptors (Lipinski definition) is 2. The lowest BCUT2D eigenvalue weighted by atomic mass is 9.84. The van der Waals surface area contributed by atoms with Crippen LogP contribution in [0.3, 0.4) is 0 Å². The van der Waals surface area contributed by atoms with Crippen LogP contribution in [0.15, 0.2) is 0 Å². The maximum Gasteiger partial charge on any atom is 0.0691 e. The fourth-order valence-corrected chi connectivity index (χ4v) is 1.20. The van der Waals surface area contributed by atoms with Crippen molar-refractivity contribution in [3.8, 4) is 0 Å². The van der Waals surface area contributed by atoms with Crippen molar-refractivity contribution in [3.05, 3.63) is 0 Å². The molecular weight excluding hydrogens is 168 g/mol. The van der Waals surface area contributed by atoms with E-state index in [0.29, 0.717) is 11.5 Å². The maximum atomic E-state index is 4.89. The van der Waals surface area contributed by atoms with E-state index in [2.05, 4.69) is 40.6 Å². The summed E-state index contributed by atoms with van der Waals surface area (Å²) in [5, 5.41) is 0. The first-order chi connectivity index (χ1) is 5.52. The van der Waals surface area contributed by atoms with Crippen LogP contribution >= 0.6 is 12.9 Å².